The number of piperazine rings is 1. The minimum atomic E-state index is -3.53. The predicted octanol–water partition coefficient (Wildman–Crippen LogP) is 0.407. The Bertz CT molecular complexity index is 724. The SMILES string of the molecule is CCNc1ccc(N2CCN(S(=O)(=O)c3cnoc3)CC2)nn1. The normalized spacial score (nSPS) is 16.5. The van der Waals surface area contributed by atoms with Gasteiger partial charge in [0, 0.05) is 32.7 Å². The van der Waals surface area contributed by atoms with Gasteiger partial charge in [0.2, 0.25) is 10.0 Å². The topological polar surface area (TPSA) is 104 Å². The van der Waals surface area contributed by atoms with E-state index in [9.17, 15) is 8.42 Å². The largest absolute Gasteiger partial charge is 0.369 e. The van der Waals surface area contributed by atoms with Crippen LogP contribution in [-0.4, -0.2) is 60.8 Å². The highest BCUT2D eigenvalue weighted by Crippen LogP contribution is 2.19. The molecule has 3 heterocycles. The van der Waals surface area contributed by atoms with Gasteiger partial charge in [0.1, 0.15) is 17.0 Å². The molecule has 0 bridgehead atoms. The Morgan fingerprint density at radius 3 is 2.57 bits per heavy atom. The van der Waals surface area contributed by atoms with Gasteiger partial charge in [-0.2, -0.15) is 4.31 Å². The lowest BCUT2D eigenvalue weighted by atomic mass is 10.3. The van der Waals surface area contributed by atoms with Gasteiger partial charge in [-0.1, -0.05) is 5.16 Å². The van der Waals surface area contributed by atoms with Gasteiger partial charge >= 0.3 is 0 Å². The van der Waals surface area contributed by atoms with Gasteiger partial charge < -0.3 is 14.7 Å². The first kappa shape index (κ1) is 15.7. The number of sulfonamides is 1. The lowest BCUT2D eigenvalue weighted by Gasteiger charge is -2.34. The van der Waals surface area contributed by atoms with Gasteiger partial charge in [-0.15, -0.1) is 10.2 Å². The molecular formula is C13H18N6O3S. The first-order chi connectivity index (χ1) is 11.1. The van der Waals surface area contributed by atoms with E-state index in [0.29, 0.717) is 26.2 Å². The molecule has 23 heavy (non-hydrogen) atoms. The van der Waals surface area contributed by atoms with Crippen molar-refractivity contribution < 1.29 is 12.9 Å². The Kier molecular flexibility index (Phi) is 4.44. The highest BCUT2D eigenvalue weighted by atomic mass is 32.2. The van der Waals surface area contributed by atoms with Crippen molar-refractivity contribution in [3.63, 3.8) is 0 Å². The lowest BCUT2D eigenvalue weighted by molar-refractivity contribution is 0.382. The third kappa shape index (κ3) is 3.27. The molecule has 0 atom stereocenters. The maximum Gasteiger partial charge on any atom is 0.248 e. The monoisotopic (exact) mass is 338 g/mol. The Balaban J connectivity index is 1.64. The summed E-state index contributed by atoms with van der Waals surface area (Å²) >= 11 is 0. The molecule has 3 rings (SSSR count). The lowest BCUT2D eigenvalue weighted by Crippen LogP contribution is -2.48. The van der Waals surface area contributed by atoms with E-state index in [4.69, 9.17) is 0 Å². The number of aromatic nitrogens is 3. The Hall–Kier alpha value is -2.20. The van der Waals surface area contributed by atoms with E-state index in [2.05, 4.69) is 25.2 Å². The summed E-state index contributed by atoms with van der Waals surface area (Å²) in [6, 6.07) is 3.75. The van der Waals surface area contributed by atoms with E-state index < -0.39 is 10.0 Å². The molecule has 1 N–H and O–H groups in total. The van der Waals surface area contributed by atoms with Crippen molar-refractivity contribution in [1.29, 1.82) is 0 Å². The first-order valence-electron chi connectivity index (χ1n) is 7.33. The summed E-state index contributed by atoms with van der Waals surface area (Å²) in [5.41, 5.74) is 0. The van der Waals surface area contributed by atoms with Gasteiger partial charge in [0.15, 0.2) is 5.82 Å². The average molecular weight is 338 g/mol. The van der Waals surface area contributed by atoms with Crippen LogP contribution in [0.15, 0.2) is 34.0 Å². The zero-order valence-corrected chi connectivity index (χ0v) is 13.5. The summed E-state index contributed by atoms with van der Waals surface area (Å²) in [4.78, 5) is 2.10. The van der Waals surface area contributed by atoms with Crippen molar-refractivity contribution in [2.24, 2.45) is 0 Å². The van der Waals surface area contributed by atoms with Crippen LogP contribution in [-0.2, 0) is 10.0 Å². The second-order valence-corrected chi connectivity index (χ2v) is 7.00. The van der Waals surface area contributed by atoms with E-state index in [1.807, 2.05) is 24.0 Å². The van der Waals surface area contributed by atoms with Gasteiger partial charge in [-0.25, -0.2) is 8.42 Å². The highest BCUT2D eigenvalue weighted by molar-refractivity contribution is 7.89. The molecule has 0 aromatic carbocycles. The molecule has 1 aliphatic heterocycles. The van der Waals surface area contributed by atoms with Crippen LogP contribution in [0, 0.1) is 0 Å². The molecule has 0 saturated carbocycles. The van der Waals surface area contributed by atoms with Gasteiger partial charge in [0.25, 0.3) is 0 Å². The quantitative estimate of drug-likeness (QED) is 0.836. The summed E-state index contributed by atoms with van der Waals surface area (Å²) in [5.74, 6) is 1.47. The summed E-state index contributed by atoms with van der Waals surface area (Å²) in [6.07, 6.45) is 2.36. The standard InChI is InChI=1S/C13H18N6O3S/c1-2-14-12-3-4-13(17-16-12)18-5-7-19(8-6-18)23(20,21)11-9-15-22-10-11/h3-4,9-10H,2,5-8H2,1H3,(H,14,16). The van der Waals surface area contributed by atoms with Crippen molar-refractivity contribution in [1.82, 2.24) is 19.7 Å². The van der Waals surface area contributed by atoms with E-state index in [0.717, 1.165) is 24.4 Å². The van der Waals surface area contributed by atoms with Gasteiger partial charge in [-0.05, 0) is 19.1 Å². The van der Waals surface area contributed by atoms with Crippen LogP contribution >= 0.6 is 0 Å². The number of hydrogen-bond acceptors (Lipinski definition) is 8. The summed E-state index contributed by atoms with van der Waals surface area (Å²) < 4.78 is 30.8. The molecule has 0 aliphatic carbocycles. The number of nitrogens with zero attached hydrogens (tertiary/aromatic N) is 5. The number of nitrogens with one attached hydrogen (secondary N) is 1. The molecule has 2 aromatic rings. The third-order valence-electron chi connectivity index (χ3n) is 3.62. The van der Waals surface area contributed by atoms with Crippen LogP contribution in [0.3, 0.4) is 0 Å². The average Bonchev–Trinajstić information content (AvgIpc) is 3.11. The van der Waals surface area contributed by atoms with E-state index >= 15 is 0 Å². The van der Waals surface area contributed by atoms with Crippen molar-refractivity contribution >= 4 is 21.7 Å². The second kappa shape index (κ2) is 6.50. The maximum absolute atomic E-state index is 12.4. The Morgan fingerprint density at radius 2 is 2.00 bits per heavy atom. The Morgan fingerprint density at radius 1 is 1.22 bits per heavy atom. The minimum Gasteiger partial charge on any atom is -0.369 e. The van der Waals surface area contributed by atoms with Crippen LogP contribution in [0.5, 0.6) is 0 Å². The molecule has 0 unspecified atom stereocenters. The zero-order valence-electron chi connectivity index (χ0n) is 12.7. The third-order valence-corrected chi connectivity index (χ3v) is 5.46. The van der Waals surface area contributed by atoms with E-state index in [-0.39, 0.29) is 4.90 Å². The molecule has 9 nitrogen and oxygen atoms in total. The molecular weight excluding hydrogens is 320 g/mol. The van der Waals surface area contributed by atoms with Gasteiger partial charge in [-0.3, -0.25) is 0 Å². The first-order valence-corrected chi connectivity index (χ1v) is 8.77. The molecule has 1 fully saturated rings. The van der Waals surface area contributed by atoms with Crippen molar-refractivity contribution in [3.05, 3.63) is 24.6 Å². The molecule has 124 valence electrons. The minimum absolute atomic E-state index is 0.0840. The molecule has 1 saturated heterocycles. The summed E-state index contributed by atoms with van der Waals surface area (Å²) in [6.45, 7) is 4.64. The van der Waals surface area contributed by atoms with E-state index in [1.165, 1.54) is 10.5 Å². The molecule has 0 amide bonds. The van der Waals surface area contributed by atoms with Crippen molar-refractivity contribution in [2.75, 3.05) is 42.9 Å². The number of hydrogen-bond donors (Lipinski definition) is 1. The van der Waals surface area contributed by atoms with Crippen LogP contribution in [0.1, 0.15) is 6.92 Å². The summed E-state index contributed by atoms with van der Waals surface area (Å²) in [7, 11) is -3.53. The molecule has 10 heteroatoms. The van der Waals surface area contributed by atoms with Crippen LogP contribution < -0.4 is 10.2 Å². The van der Waals surface area contributed by atoms with Crippen LogP contribution in [0.25, 0.3) is 0 Å². The predicted molar refractivity (Wildman–Crippen MR) is 83.7 cm³/mol. The fourth-order valence-corrected chi connectivity index (χ4v) is 3.68. The fourth-order valence-electron chi connectivity index (χ4n) is 2.40. The maximum atomic E-state index is 12.4. The number of anilines is 2. The smallest absolute Gasteiger partial charge is 0.248 e. The van der Waals surface area contributed by atoms with Crippen molar-refractivity contribution in [2.45, 2.75) is 11.8 Å². The Labute approximate surface area is 134 Å². The molecule has 1 aliphatic rings. The molecule has 0 radical (unpaired) electrons. The summed E-state index contributed by atoms with van der Waals surface area (Å²) in [5, 5.41) is 14.8. The molecule has 2 aromatic heterocycles. The second-order valence-electron chi connectivity index (χ2n) is 5.06. The van der Waals surface area contributed by atoms with Gasteiger partial charge in [0.05, 0.1) is 6.20 Å². The van der Waals surface area contributed by atoms with E-state index in [1.54, 1.807) is 0 Å². The number of rotatable bonds is 5. The fraction of sp³-hybridized carbons (Fsp3) is 0.462. The highest BCUT2D eigenvalue weighted by Gasteiger charge is 2.30. The van der Waals surface area contributed by atoms with Crippen molar-refractivity contribution in [3.8, 4) is 0 Å². The zero-order chi connectivity index (χ0) is 16.3. The van der Waals surface area contributed by atoms with Crippen LogP contribution in [0.2, 0.25) is 0 Å². The molecule has 0 spiro atoms. The van der Waals surface area contributed by atoms with Crippen LogP contribution in [0.4, 0.5) is 11.6 Å².